The lowest BCUT2D eigenvalue weighted by Crippen LogP contribution is -2.31. The van der Waals surface area contributed by atoms with Crippen molar-refractivity contribution in [1.29, 1.82) is 0 Å². The fourth-order valence-corrected chi connectivity index (χ4v) is 2.99. The highest BCUT2D eigenvalue weighted by Gasteiger charge is 2.12. The Kier molecular flexibility index (Phi) is 6.82. The molecule has 1 N–H and O–H groups in total. The van der Waals surface area contributed by atoms with Crippen LogP contribution in [0.1, 0.15) is 12.5 Å². The number of rotatable bonds is 6. The number of carbonyl (C=O) groups excluding carboxylic acids is 1. The molecule has 0 aliphatic heterocycles. The van der Waals surface area contributed by atoms with Crippen molar-refractivity contribution in [1.82, 2.24) is 10.2 Å². The van der Waals surface area contributed by atoms with Gasteiger partial charge in [-0.2, -0.15) is 0 Å². The molecule has 1 aromatic carbocycles. The highest BCUT2D eigenvalue weighted by molar-refractivity contribution is 9.11. The van der Waals surface area contributed by atoms with Crippen molar-refractivity contribution in [3.8, 4) is 5.75 Å². The Morgan fingerprint density at radius 1 is 1.37 bits per heavy atom. The minimum absolute atomic E-state index is 0.0346. The molecule has 4 nitrogen and oxygen atoms in total. The number of nitrogens with one attached hydrogen (secondary N) is 1. The third-order valence-electron chi connectivity index (χ3n) is 2.68. The number of benzene rings is 1. The molecule has 0 aliphatic carbocycles. The Morgan fingerprint density at radius 3 is 2.42 bits per heavy atom. The van der Waals surface area contributed by atoms with Crippen molar-refractivity contribution in [2.24, 2.45) is 0 Å². The van der Waals surface area contributed by atoms with Gasteiger partial charge in [-0.15, -0.1) is 0 Å². The number of nitrogens with zero attached hydrogens (tertiary/aromatic N) is 1. The summed E-state index contributed by atoms with van der Waals surface area (Å²) in [6.07, 6.45) is 0. The molecule has 6 heteroatoms. The highest BCUT2D eigenvalue weighted by atomic mass is 79.9. The van der Waals surface area contributed by atoms with Crippen LogP contribution in [-0.2, 0) is 11.3 Å². The molecule has 0 saturated heterocycles. The molecule has 19 heavy (non-hydrogen) atoms. The summed E-state index contributed by atoms with van der Waals surface area (Å²) in [5.41, 5.74) is 1.13. The first-order chi connectivity index (χ1) is 8.99. The van der Waals surface area contributed by atoms with E-state index in [9.17, 15) is 4.79 Å². The zero-order valence-electron chi connectivity index (χ0n) is 11.3. The summed E-state index contributed by atoms with van der Waals surface area (Å²) in [7, 11) is 3.65. The molecule has 0 fully saturated rings. The molecule has 1 aromatic rings. The lowest BCUT2D eigenvalue weighted by Gasteiger charge is -2.16. The smallest absolute Gasteiger partial charge is 0.260 e. The molecule has 106 valence electrons. The largest absolute Gasteiger partial charge is 0.481 e. The summed E-state index contributed by atoms with van der Waals surface area (Å²) in [6, 6.07) is 3.95. The summed E-state index contributed by atoms with van der Waals surface area (Å²) in [4.78, 5) is 13.3. The van der Waals surface area contributed by atoms with E-state index < -0.39 is 0 Å². The number of hydrogen-bond donors (Lipinski definition) is 1. The van der Waals surface area contributed by atoms with Crippen molar-refractivity contribution < 1.29 is 9.53 Å². The fourth-order valence-electron chi connectivity index (χ4n) is 1.48. The van der Waals surface area contributed by atoms with Gasteiger partial charge in [0, 0.05) is 20.1 Å². The molecule has 0 unspecified atom stereocenters. The third-order valence-corrected chi connectivity index (χ3v) is 3.86. The first-order valence-electron chi connectivity index (χ1n) is 5.98. The van der Waals surface area contributed by atoms with E-state index in [0.29, 0.717) is 12.3 Å². The summed E-state index contributed by atoms with van der Waals surface area (Å²) in [5.74, 6) is 0.610. The van der Waals surface area contributed by atoms with E-state index in [-0.39, 0.29) is 12.5 Å². The number of carbonyl (C=O) groups is 1. The molecule has 1 amide bonds. The highest BCUT2D eigenvalue weighted by Crippen LogP contribution is 2.34. The molecule has 0 bridgehead atoms. The van der Waals surface area contributed by atoms with Gasteiger partial charge in [-0.1, -0.05) is 0 Å². The molecule has 0 atom stereocenters. The summed E-state index contributed by atoms with van der Waals surface area (Å²) in [6.45, 7) is 3.41. The first-order valence-corrected chi connectivity index (χ1v) is 7.57. The van der Waals surface area contributed by atoms with E-state index in [1.165, 1.54) is 0 Å². The van der Waals surface area contributed by atoms with Gasteiger partial charge in [0.2, 0.25) is 0 Å². The van der Waals surface area contributed by atoms with Crippen LogP contribution in [-0.4, -0.2) is 38.1 Å². The predicted octanol–water partition coefficient (Wildman–Crippen LogP) is 2.79. The van der Waals surface area contributed by atoms with Crippen LogP contribution in [0.15, 0.2) is 21.1 Å². The Hall–Kier alpha value is -0.590. The van der Waals surface area contributed by atoms with E-state index in [2.05, 4.69) is 37.2 Å². The molecule has 0 heterocycles. The van der Waals surface area contributed by atoms with Crippen LogP contribution in [0.25, 0.3) is 0 Å². The number of hydrogen-bond acceptors (Lipinski definition) is 3. The van der Waals surface area contributed by atoms with E-state index in [4.69, 9.17) is 4.74 Å². The summed E-state index contributed by atoms with van der Waals surface area (Å²) >= 11 is 6.93. The maximum atomic E-state index is 11.7. The predicted molar refractivity (Wildman–Crippen MR) is 83.4 cm³/mol. The molecular weight excluding hydrogens is 376 g/mol. The lowest BCUT2D eigenvalue weighted by molar-refractivity contribution is -0.131. The van der Waals surface area contributed by atoms with Gasteiger partial charge in [0.15, 0.2) is 6.61 Å². The number of likely N-dealkylation sites (N-methyl/N-ethyl adjacent to an activating group) is 1. The van der Waals surface area contributed by atoms with Crippen molar-refractivity contribution in [3.63, 3.8) is 0 Å². The minimum Gasteiger partial charge on any atom is -0.481 e. The standard InChI is InChI=1S/C13H18Br2N2O2/c1-4-17(3)12(18)8-19-13-10(14)5-9(7-16-2)6-11(13)15/h5-6,16H,4,7-8H2,1-3H3. The van der Waals surface area contributed by atoms with E-state index in [1.807, 2.05) is 26.1 Å². The van der Waals surface area contributed by atoms with Gasteiger partial charge in [-0.05, 0) is 63.5 Å². The molecule has 0 saturated carbocycles. The zero-order valence-corrected chi connectivity index (χ0v) is 14.5. The topological polar surface area (TPSA) is 41.6 Å². The van der Waals surface area contributed by atoms with Gasteiger partial charge in [0.05, 0.1) is 8.95 Å². The Bertz CT molecular complexity index is 429. The van der Waals surface area contributed by atoms with Crippen LogP contribution in [0.5, 0.6) is 5.75 Å². The lowest BCUT2D eigenvalue weighted by atomic mass is 10.2. The zero-order chi connectivity index (χ0) is 14.4. The van der Waals surface area contributed by atoms with Crippen molar-refractivity contribution in [2.75, 3.05) is 27.2 Å². The third kappa shape index (κ3) is 4.78. The Balaban J connectivity index is 2.76. The molecule has 0 aliphatic rings. The van der Waals surface area contributed by atoms with Crippen LogP contribution in [0.2, 0.25) is 0 Å². The van der Waals surface area contributed by atoms with Crippen LogP contribution in [0, 0.1) is 0 Å². The van der Waals surface area contributed by atoms with Gasteiger partial charge in [0.1, 0.15) is 5.75 Å². The average Bonchev–Trinajstić information content (AvgIpc) is 2.36. The summed E-state index contributed by atoms with van der Waals surface area (Å²) < 4.78 is 7.25. The number of ether oxygens (including phenoxy) is 1. The monoisotopic (exact) mass is 392 g/mol. The van der Waals surface area contributed by atoms with Crippen LogP contribution >= 0.6 is 31.9 Å². The summed E-state index contributed by atoms with van der Waals surface area (Å²) in [5, 5.41) is 3.09. The Labute approximate surface area is 130 Å². The van der Waals surface area contributed by atoms with E-state index in [1.54, 1.807) is 11.9 Å². The van der Waals surface area contributed by atoms with Gasteiger partial charge in [-0.3, -0.25) is 4.79 Å². The molecular formula is C13H18Br2N2O2. The van der Waals surface area contributed by atoms with E-state index in [0.717, 1.165) is 21.1 Å². The quantitative estimate of drug-likeness (QED) is 0.807. The van der Waals surface area contributed by atoms with Gasteiger partial charge in [0.25, 0.3) is 5.91 Å². The van der Waals surface area contributed by atoms with E-state index >= 15 is 0 Å². The normalized spacial score (nSPS) is 10.4. The van der Waals surface area contributed by atoms with Crippen molar-refractivity contribution in [2.45, 2.75) is 13.5 Å². The van der Waals surface area contributed by atoms with Crippen molar-refractivity contribution >= 4 is 37.8 Å². The SMILES string of the molecule is CCN(C)C(=O)COc1c(Br)cc(CNC)cc1Br. The van der Waals surface area contributed by atoms with Crippen LogP contribution in [0.4, 0.5) is 0 Å². The van der Waals surface area contributed by atoms with Crippen molar-refractivity contribution in [3.05, 3.63) is 26.6 Å². The molecule has 0 spiro atoms. The molecule has 1 rings (SSSR count). The maximum absolute atomic E-state index is 11.7. The maximum Gasteiger partial charge on any atom is 0.260 e. The second-order valence-electron chi connectivity index (χ2n) is 4.12. The van der Waals surface area contributed by atoms with Crippen LogP contribution in [0.3, 0.4) is 0 Å². The van der Waals surface area contributed by atoms with Crippen LogP contribution < -0.4 is 10.1 Å². The fraction of sp³-hybridized carbons (Fsp3) is 0.462. The Morgan fingerprint density at radius 2 is 1.95 bits per heavy atom. The average molecular weight is 394 g/mol. The second-order valence-corrected chi connectivity index (χ2v) is 5.82. The first kappa shape index (κ1) is 16.5. The molecule has 0 radical (unpaired) electrons. The van der Waals surface area contributed by atoms with Gasteiger partial charge >= 0.3 is 0 Å². The second kappa shape index (κ2) is 7.87. The minimum atomic E-state index is -0.0411. The number of halogens is 2. The van der Waals surface area contributed by atoms with Gasteiger partial charge in [-0.25, -0.2) is 0 Å². The molecule has 0 aromatic heterocycles. The van der Waals surface area contributed by atoms with Gasteiger partial charge < -0.3 is 15.0 Å². The number of amides is 1.